The molecule has 2 aromatic carbocycles. The summed E-state index contributed by atoms with van der Waals surface area (Å²) in [6.45, 7) is 0.602. The second-order valence-electron chi connectivity index (χ2n) is 5.16. The number of amides is 1. The van der Waals surface area contributed by atoms with Gasteiger partial charge in [0.1, 0.15) is 5.75 Å². The lowest BCUT2D eigenvalue weighted by molar-refractivity contribution is 0.0996. The lowest BCUT2D eigenvalue weighted by atomic mass is 10.1. The van der Waals surface area contributed by atoms with Crippen LogP contribution in [0.1, 0.15) is 15.9 Å². The number of fused-ring (bicyclic) bond motifs is 2. The molecular formula is C17H14N2O2. The number of aromatic nitrogens is 1. The van der Waals surface area contributed by atoms with Gasteiger partial charge in [0, 0.05) is 23.0 Å². The quantitative estimate of drug-likeness (QED) is 0.781. The number of rotatable bonds is 2. The van der Waals surface area contributed by atoms with E-state index in [0.717, 1.165) is 27.7 Å². The van der Waals surface area contributed by atoms with E-state index in [1.165, 1.54) is 0 Å². The van der Waals surface area contributed by atoms with E-state index in [1.54, 1.807) is 12.0 Å². The molecule has 2 heterocycles. The highest BCUT2D eigenvalue weighted by Crippen LogP contribution is 2.31. The lowest BCUT2D eigenvalue weighted by Gasteiger charge is -2.15. The largest absolute Gasteiger partial charge is 0.497 e. The maximum Gasteiger partial charge on any atom is 0.259 e. The fourth-order valence-electron chi connectivity index (χ4n) is 2.82. The first kappa shape index (κ1) is 12.0. The molecule has 0 aliphatic carbocycles. The van der Waals surface area contributed by atoms with Crippen LogP contribution in [-0.2, 0) is 6.54 Å². The first-order valence-corrected chi connectivity index (χ1v) is 6.82. The summed E-state index contributed by atoms with van der Waals surface area (Å²) >= 11 is 0. The molecule has 0 spiro atoms. The minimum absolute atomic E-state index is 0.0230. The zero-order valence-corrected chi connectivity index (χ0v) is 11.6. The van der Waals surface area contributed by atoms with E-state index in [0.29, 0.717) is 12.3 Å². The van der Waals surface area contributed by atoms with Crippen LogP contribution in [0.2, 0.25) is 0 Å². The van der Waals surface area contributed by atoms with Crippen molar-refractivity contribution in [1.29, 1.82) is 0 Å². The van der Waals surface area contributed by atoms with E-state index in [1.807, 2.05) is 48.7 Å². The van der Waals surface area contributed by atoms with Crippen molar-refractivity contribution in [2.45, 2.75) is 6.54 Å². The molecule has 1 aliphatic heterocycles. The van der Waals surface area contributed by atoms with E-state index >= 15 is 0 Å². The molecule has 1 aromatic heterocycles. The Hall–Kier alpha value is -2.75. The van der Waals surface area contributed by atoms with Gasteiger partial charge in [-0.25, -0.2) is 0 Å². The van der Waals surface area contributed by atoms with Crippen LogP contribution in [0.4, 0.5) is 5.69 Å². The molecule has 0 radical (unpaired) electrons. The zero-order chi connectivity index (χ0) is 14.4. The van der Waals surface area contributed by atoms with Gasteiger partial charge in [-0.2, -0.15) is 0 Å². The summed E-state index contributed by atoms with van der Waals surface area (Å²) in [4.78, 5) is 17.6. The summed E-state index contributed by atoms with van der Waals surface area (Å²) in [6.07, 6.45) is 1.90. The summed E-state index contributed by atoms with van der Waals surface area (Å²) in [5.74, 6) is 0.735. The van der Waals surface area contributed by atoms with E-state index < -0.39 is 0 Å². The van der Waals surface area contributed by atoms with Crippen LogP contribution in [0.5, 0.6) is 5.75 Å². The van der Waals surface area contributed by atoms with Gasteiger partial charge < -0.3 is 14.6 Å². The molecule has 0 fully saturated rings. The van der Waals surface area contributed by atoms with Gasteiger partial charge in [0.15, 0.2) is 0 Å². The molecule has 1 aliphatic rings. The standard InChI is InChI=1S/C17H14N2O2/c1-21-14-5-3-12-10-19(17(20)15(12)9-14)13-4-2-11-6-7-18-16(11)8-13/h2-9,18H,10H2,1H3. The Morgan fingerprint density at radius 1 is 1.14 bits per heavy atom. The summed E-state index contributed by atoms with van der Waals surface area (Å²) < 4.78 is 5.20. The van der Waals surface area contributed by atoms with Gasteiger partial charge in [-0.05, 0) is 41.3 Å². The molecule has 0 bridgehead atoms. The Labute approximate surface area is 122 Å². The molecular weight excluding hydrogens is 264 g/mol. The van der Waals surface area contributed by atoms with Gasteiger partial charge in [0.25, 0.3) is 5.91 Å². The summed E-state index contributed by atoms with van der Waals surface area (Å²) in [6, 6.07) is 13.7. The Morgan fingerprint density at radius 3 is 2.90 bits per heavy atom. The number of benzene rings is 2. The smallest absolute Gasteiger partial charge is 0.259 e. The van der Waals surface area contributed by atoms with Gasteiger partial charge in [-0.1, -0.05) is 12.1 Å². The van der Waals surface area contributed by atoms with Crippen molar-refractivity contribution in [3.8, 4) is 5.75 Å². The van der Waals surface area contributed by atoms with Gasteiger partial charge in [-0.15, -0.1) is 0 Å². The highest BCUT2D eigenvalue weighted by Gasteiger charge is 2.29. The molecule has 3 aromatic rings. The number of hydrogen-bond donors (Lipinski definition) is 1. The van der Waals surface area contributed by atoms with E-state index in [2.05, 4.69) is 4.98 Å². The number of carbonyl (C=O) groups excluding carboxylic acids is 1. The van der Waals surface area contributed by atoms with E-state index in [-0.39, 0.29) is 5.91 Å². The number of nitrogens with one attached hydrogen (secondary N) is 1. The zero-order valence-electron chi connectivity index (χ0n) is 11.6. The number of carbonyl (C=O) groups is 1. The number of anilines is 1. The lowest BCUT2D eigenvalue weighted by Crippen LogP contribution is -2.22. The van der Waals surface area contributed by atoms with Crippen molar-refractivity contribution in [2.24, 2.45) is 0 Å². The van der Waals surface area contributed by atoms with Crippen LogP contribution in [0.15, 0.2) is 48.7 Å². The molecule has 0 saturated heterocycles. The number of aromatic amines is 1. The number of methoxy groups -OCH3 is 1. The predicted octanol–water partition coefficient (Wildman–Crippen LogP) is 3.34. The molecule has 0 atom stereocenters. The van der Waals surface area contributed by atoms with Crippen LogP contribution in [0, 0.1) is 0 Å². The molecule has 1 amide bonds. The predicted molar refractivity (Wildman–Crippen MR) is 81.8 cm³/mol. The first-order chi connectivity index (χ1) is 10.3. The molecule has 4 heteroatoms. The SMILES string of the molecule is COc1ccc2c(c1)C(=O)N(c1ccc3cc[nH]c3c1)C2. The molecule has 104 valence electrons. The summed E-state index contributed by atoms with van der Waals surface area (Å²) in [5.41, 5.74) is 3.70. The molecule has 4 nitrogen and oxygen atoms in total. The molecule has 0 saturated carbocycles. The summed E-state index contributed by atoms with van der Waals surface area (Å²) in [5, 5.41) is 1.14. The van der Waals surface area contributed by atoms with Gasteiger partial charge in [0.05, 0.1) is 13.7 Å². The fourth-order valence-corrected chi connectivity index (χ4v) is 2.82. The Morgan fingerprint density at radius 2 is 2.05 bits per heavy atom. The van der Waals surface area contributed by atoms with E-state index in [9.17, 15) is 4.79 Å². The topological polar surface area (TPSA) is 45.3 Å². The van der Waals surface area contributed by atoms with Crippen molar-refractivity contribution >= 4 is 22.5 Å². The van der Waals surface area contributed by atoms with Crippen molar-refractivity contribution in [1.82, 2.24) is 4.98 Å². The Bertz CT molecular complexity index is 851. The average molecular weight is 278 g/mol. The van der Waals surface area contributed by atoms with E-state index in [4.69, 9.17) is 4.74 Å². The Kier molecular flexibility index (Phi) is 2.51. The highest BCUT2D eigenvalue weighted by atomic mass is 16.5. The number of H-pyrrole nitrogens is 1. The molecule has 1 N–H and O–H groups in total. The highest BCUT2D eigenvalue weighted by molar-refractivity contribution is 6.10. The third-order valence-corrected chi connectivity index (χ3v) is 3.97. The number of nitrogens with zero attached hydrogens (tertiary/aromatic N) is 1. The number of hydrogen-bond acceptors (Lipinski definition) is 2. The molecule has 4 rings (SSSR count). The first-order valence-electron chi connectivity index (χ1n) is 6.82. The summed E-state index contributed by atoms with van der Waals surface area (Å²) in [7, 11) is 1.61. The van der Waals surface area contributed by atoms with Crippen LogP contribution < -0.4 is 9.64 Å². The van der Waals surface area contributed by atoms with Crippen LogP contribution in [0.25, 0.3) is 10.9 Å². The van der Waals surface area contributed by atoms with Crippen molar-refractivity contribution in [2.75, 3.05) is 12.0 Å². The second-order valence-corrected chi connectivity index (χ2v) is 5.16. The minimum Gasteiger partial charge on any atom is -0.497 e. The second kappa shape index (κ2) is 4.38. The van der Waals surface area contributed by atoms with Gasteiger partial charge in [-0.3, -0.25) is 4.79 Å². The molecule has 21 heavy (non-hydrogen) atoms. The minimum atomic E-state index is 0.0230. The average Bonchev–Trinajstić information content (AvgIpc) is 3.11. The van der Waals surface area contributed by atoms with Crippen molar-refractivity contribution in [3.05, 3.63) is 59.8 Å². The monoisotopic (exact) mass is 278 g/mol. The van der Waals surface area contributed by atoms with Crippen LogP contribution in [0.3, 0.4) is 0 Å². The maximum absolute atomic E-state index is 12.6. The van der Waals surface area contributed by atoms with Crippen molar-refractivity contribution < 1.29 is 9.53 Å². The maximum atomic E-state index is 12.6. The van der Waals surface area contributed by atoms with Crippen LogP contribution >= 0.6 is 0 Å². The third-order valence-electron chi connectivity index (χ3n) is 3.97. The van der Waals surface area contributed by atoms with Gasteiger partial charge in [0.2, 0.25) is 0 Å². The Balaban J connectivity index is 1.75. The van der Waals surface area contributed by atoms with Crippen molar-refractivity contribution in [3.63, 3.8) is 0 Å². The van der Waals surface area contributed by atoms with Gasteiger partial charge >= 0.3 is 0 Å². The normalized spacial score (nSPS) is 13.8. The van der Waals surface area contributed by atoms with Crippen LogP contribution in [-0.4, -0.2) is 18.0 Å². The molecule has 0 unspecified atom stereocenters. The third kappa shape index (κ3) is 1.80. The fraction of sp³-hybridized carbons (Fsp3) is 0.118. The number of ether oxygens (including phenoxy) is 1.